The Hall–Kier alpha value is -2.24. The molecular formula is C19H17ClFN3O. The maximum Gasteiger partial charge on any atom is 0.241 e. The molecular weight excluding hydrogens is 341 g/mol. The van der Waals surface area contributed by atoms with Crippen molar-refractivity contribution in [2.75, 3.05) is 6.54 Å². The highest BCUT2D eigenvalue weighted by molar-refractivity contribution is 6.30. The summed E-state index contributed by atoms with van der Waals surface area (Å²) in [5.74, 6) is 0.898. The van der Waals surface area contributed by atoms with E-state index < -0.39 is 0 Å². The van der Waals surface area contributed by atoms with Crippen LogP contribution in [0.5, 0.6) is 0 Å². The van der Waals surface area contributed by atoms with Gasteiger partial charge in [0, 0.05) is 16.6 Å². The number of nitrogens with zero attached hydrogens (tertiary/aromatic N) is 3. The van der Waals surface area contributed by atoms with Crippen LogP contribution in [0.15, 0.2) is 53.1 Å². The molecule has 2 heterocycles. The average Bonchev–Trinajstić information content (AvgIpc) is 3.26. The van der Waals surface area contributed by atoms with Crippen molar-refractivity contribution in [1.82, 2.24) is 15.0 Å². The van der Waals surface area contributed by atoms with Gasteiger partial charge in [0.15, 0.2) is 0 Å². The van der Waals surface area contributed by atoms with Gasteiger partial charge in [-0.3, -0.25) is 4.90 Å². The van der Waals surface area contributed by atoms with Gasteiger partial charge < -0.3 is 4.52 Å². The Balaban J connectivity index is 1.51. The predicted molar refractivity (Wildman–Crippen MR) is 93.5 cm³/mol. The topological polar surface area (TPSA) is 42.2 Å². The highest BCUT2D eigenvalue weighted by Crippen LogP contribution is 2.33. The zero-order chi connectivity index (χ0) is 17.2. The fourth-order valence-corrected chi connectivity index (χ4v) is 3.51. The molecule has 0 aliphatic carbocycles. The number of hydrogen-bond donors (Lipinski definition) is 0. The van der Waals surface area contributed by atoms with Crippen LogP contribution in [0.25, 0.3) is 11.4 Å². The van der Waals surface area contributed by atoms with Gasteiger partial charge in [-0.25, -0.2) is 4.39 Å². The molecule has 2 aromatic carbocycles. The Bertz CT molecular complexity index is 865. The Morgan fingerprint density at radius 3 is 2.84 bits per heavy atom. The fourth-order valence-electron chi connectivity index (χ4n) is 3.32. The van der Waals surface area contributed by atoms with Crippen molar-refractivity contribution in [3.05, 3.63) is 70.8 Å². The summed E-state index contributed by atoms with van der Waals surface area (Å²) in [6.45, 7) is 1.53. The van der Waals surface area contributed by atoms with E-state index in [1.54, 1.807) is 0 Å². The van der Waals surface area contributed by atoms with E-state index in [0.717, 1.165) is 30.5 Å². The second kappa shape index (κ2) is 6.94. The molecule has 4 rings (SSSR count). The Morgan fingerprint density at radius 1 is 1.20 bits per heavy atom. The normalized spacial score (nSPS) is 17.9. The monoisotopic (exact) mass is 357 g/mol. The summed E-state index contributed by atoms with van der Waals surface area (Å²) in [6.07, 6.45) is 2.14. The highest BCUT2D eigenvalue weighted by Gasteiger charge is 2.27. The number of hydrogen-bond acceptors (Lipinski definition) is 4. The lowest BCUT2D eigenvalue weighted by Gasteiger charge is -2.23. The predicted octanol–water partition coefficient (Wildman–Crippen LogP) is 4.87. The summed E-state index contributed by atoms with van der Waals surface area (Å²) in [6, 6.07) is 14.4. The number of likely N-dealkylation sites (tertiary alicyclic amines) is 1. The van der Waals surface area contributed by atoms with Crippen LogP contribution >= 0.6 is 11.6 Å². The molecule has 0 saturated carbocycles. The summed E-state index contributed by atoms with van der Waals surface area (Å²) in [5.41, 5.74) is 1.95. The molecule has 1 fully saturated rings. The van der Waals surface area contributed by atoms with E-state index in [0.29, 0.717) is 23.3 Å². The van der Waals surface area contributed by atoms with E-state index in [1.807, 2.05) is 36.4 Å². The van der Waals surface area contributed by atoms with Crippen molar-refractivity contribution in [3.63, 3.8) is 0 Å². The minimum atomic E-state index is -0.212. The summed E-state index contributed by atoms with van der Waals surface area (Å²) in [4.78, 5) is 6.78. The molecule has 3 aromatic rings. The Labute approximate surface area is 150 Å². The number of rotatable bonds is 4. The van der Waals surface area contributed by atoms with E-state index in [1.165, 1.54) is 12.1 Å². The lowest BCUT2D eigenvalue weighted by Crippen LogP contribution is -2.22. The van der Waals surface area contributed by atoms with Gasteiger partial charge in [-0.2, -0.15) is 4.98 Å². The van der Waals surface area contributed by atoms with Gasteiger partial charge in [0.1, 0.15) is 5.82 Å². The summed E-state index contributed by atoms with van der Waals surface area (Å²) in [5, 5.41) is 4.70. The summed E-state index contributed by atoms with van der Waals surface area (Å²) >= 11 is 6.02. The number of aromatic nitrogens is 2. The Kier molecular flexibility index (Phi) is 4.51. The van der Waals surface area contributed by atoms with Crippen LogP contribution in [0.4, 0.5) is 4.39 Å². The van der Waals surface area contributed by atoms with Crippen molar-refractivity contribution in [3.8, 4) is 11.4 Å². The standard InChI is InChI=1S/C19H17ClFN3O/c20-15-4-1-3-14(11-15)19-22-18(25-23-19)12-24-10-2-5-17(24)13-6-8-16(21)9-7-13/h1,3-4,6-9,11,17H,2,5,10,12H2. The third kappa shape index (κ3) is 3.57. The third-order valence-electron chi connectivity index (χ3n) is 4.51. The largest absolute Gasteiger partial charge is 0.338 e. The first-order chi connectivity index (χ1) is 12.2. The average molecular weight is 358 g/mol. The van der Waals surface area contributed by atoms with Gasteiger partial charge in [-0.05, 0) is 49.2 Å². The lowest BCUT2D eigenvalue weighted by atomic mass is 10.0. The SMILES string of the molecule is Fc1ccc(C2CCCN2Cc2nc(-c3cccc(Cl)c3)no2)cc1. The molecule has 0 radical (unpaired) electrons. The van der Waals surface area contributed by atoms with Gasteiger partial charge in [0.05, 0.1) is 6.54 Å². The smallest absolute Gasteiger partial charge is 0.241 e. The molecule has 0 N–H and O–H groups in total. The lowest BCUT2D eigenvalue weighted by molar-refractivity contribution is 0.212. The van der Waals surface area contributed by atoms with Crippen LogP contribution < -0.4 is 0 Å². The first-order valence-corrected chi connectivity index (χ1v) is 8.65. The van der Waals surface area contributed by atoms with E-state index in [9.17, 15) is 4.39 Å². The molecule has 1 aliphatic heterocycles. The number of benzene rings is 2. The zero-order valence-electron chi connectivity index (χ0n) is 13.5. The molecule has 0 bridgehead atoms. The molecule has 1 aliphatic rings. The second-order valence-corrected chi connectivity index (χ2v) is 6.64. The molecule has 1 unspecified atom stereocenters. The van der Waals surface area contributed by atoms with Crippen molar-refractivity contribution in [1.29, 1.82) is 0 Å². The molecule has 0 spiro atoms. The zero-order valence-corrected chi connectivity index (χ0v) is 14.3. The molecule has 25 heavy (non-hydrogen) atoms. The van der Waals surface area contributed by atoms with Gasteiger partial charge in [-0.1, -0.05) is 41.0 Å². The molecule has 0 amide bonds. The van der Waals surface area contributed by atoms with E-state index in [-0.39, 0.29) is 11.9 Å². The molecule has 6 heteroatoms. The van der Waals surface area contributed by atoms with Crippen molar-refractivity contribution >= 4 is 11.6 Å². The second-order valence-electron chi connectivity index (χ2n) is 6.20. The molecule has 1 atom stereocenters. The summed E-state index contributed by atoms with van der Waals surface area (Å²) in [7, 11) is 0. The van der Waals surface area contributed by atoms with Crippen LogP contribution in [0.1, 0.15) is 30.3 Å². The minimum Gasteiger partial charge on any atom is -0.338 e. The van der Waals surface area contributed by atoms with Crippen molar-refractivity contribution in [2.24, 2.45) is 0 Å². The van der Waals surface area contributed by atoms with Gasteiger partial charge in [-0.15, -0.1) is 0 Å². The fraction of sp³-hybridized carbons (Fsp3) is 0.263. The van der Waals surface area contributed by atoms with Crippen LogP contribution in [-0.2, 0) is 6.54 Å². The number of halogens is 2. The maximum atomic E-state index is 13.2. The van der Waals surface area contributed by atoms with Crippen molar-refractivity contribution < 1.29 is 8.91 Å². The first-order valence-electron chi connectivity index (χ1n) is 8.27. The van der Waals surface area contributed by atoms with E-state index >= 15 is 0 Å². The molecule has 1 saturated heterocycles. The Morgan fingerprint density at radius 2 is 2.04 bits per heavy atom. The third-order valence-corrected chi connectivity index (χ3v) is 4.74. The summed E-state index contributed by atoms with van der Waals surface area (Å²) < 4.78 is 18.6. The van der Waals surface area contributed by atoms with E-state index in [2.05, 4.69) is 15.0 Å². The van der Waals surface area contributed by atoms with Crippen LogP contribution in [0.3, 0.4) is 0 Å². The van der Waals surface area contributed by atoms with Crippen LogP contribution in [-0.4, -0.2) is 21.6 Å². The van der Waals surface area contributed by atoms with Crippen molar-refractivity contribution in [2.45, 2.75) is 25.4 Å². The molecule has 128 valence electrons. The first kappa shape index (κ1) is 16.2. The minimum absolute atomic E-state index is 0.212. The highest BCUT2D eigenvalue weighted by atomic mass is 35.5. The quantitative estimate of drug-likeness (QED) is 0.668. The van der Waals surface area contributed by atoms with E-state index in [4.69, 9.17) is 16.1 Å². The van der Waals surface area contributed by atoms with Crippen LogP contribution in [0.2, 0.25) is 5.02 Å². The molecule has 1 aromatic heterocycles. The van der Waals surface area contributed by atoms with Gasteiger partial charge in [0.2, 0.25) is 11.7 Å². The van der Waals surface area contributed by atoms with Crippen LogP contribution in [0, 0.1) is 5.82 Å². The van der Waals surface area contributed by atoms with Gasteiger partial charge in [0.25, 0.3) is 0 Å². The molecule has 4 nitrogen and oxygen atoms in total. The maximum absolute atomic E-state index is 13.2. The van der Waals surface area contributed by atoms with Gasteiger partial charge >= 0.3 is 0 Å².